The van der Waals surface area contributed by atoms with Crippen LogP contribution in [0.3, 0.4) is 0 Å². The maximum atomic E-state index is 11.4. The molecule has 1 aliphatic rings. The van der Waals surface area contributed by atoms with Gasteiger partial charge in [0.1, 0.15) is 12.0 Å². The summed E-state index contributed by atoms with van der Waals surface area (Å²) in [5, 5.41) is 14.7. The van der Waals surface area contributed by atoms with E-state index >= 15 is 0 Å². The summed E-state index contributed by atoms with van der Waals surface area (Å²) < 4.78 is 1.54. The van der Waals surface area contributed by atoms with E-state index in [1.165, 1.54) is 19.2 Å². The normalized spacial score (nSPS) is 21.1. The standard InChI is InChI=1S/C15H20N6O2/c1-10-4-3-5-12(8-10)18-15-17-11(2)13(21(22)23)14(19-15)20-7-6-16-9-20/h6-7,9-10,12H,3-5,8H2,1-2H3,(H,17,18,19)/t10-,12+/m1/s1. The molecule has 0 bridgehead atoms. The largest absolute Gasteiger partial charge is 0.351 e. The van der Waals surface area contributed by atoms with Crippen LogP contribution in [0.1, 0.15) is 38.3 Å². The molecule has 3 rings (SSSR count). The van der Waals surface area contributed by atoms with Crippen molar-refractivity contribution in [3.05, 3.63) is 34.5 Å². The molecule has 2 heterocycles. The average Bonchev–Trinajstić information content (AvgIpc) is 3.00. The van der Waals surface area contributed by atoms with Gasteiger partial charge in [-0.2, -0.15) is 4.98 Å². The summed E-state index contributed by atoms with van der Waals surface area (Å²) in [5.41, 5.74) is 0.255. The van der Waals surface area contributed by atoms with Crippen LogP contribution in [0.25, 0.3) is 5.82 Å². The third kappa shape index (κ3) is 3.30. The van der Waals surface area contributed by atoms with Crippen molar-refractivity contribution < 1.29 is 4.92 Å². The third-order valence-corrected chi connectivity index (χ3v) is 4.24. The Morgan fingerprint density at radius 1 is 1.39 bits per heavy atom. The van der Waals surface area contributed by atoms with Crippen LogP contribution >= 0.6 is 0 Å². The van der Waals surface area contributed by atoms with Gasteiger partial charge in [-0.25, -0.2) is 9.97 Å². The number of aryl methyl sites for hydroxylation is 1. The topological polar surface area (TPSA) is 98.8 Å². The van der Waals surface area contributed by atoms with Gasteiger partial charge in [0, 0.05) is 18.4 Å². The number of hydrogen-bond donors (Lipinski definition) is 1. The number of anilines is 1. The molecule has 0 saturated heterocycles. The minimum Gasteiger partial charge on any atom is -0.351 e. The van der Waals surface area contributed by atoms with Gasteiger partial charge < -0.3 is 5.32 Å². The predicted molar refractivity (Wildman–Crippen MR) is 85.6 cm³/mol. The molecule has 0 unspecified atom stereocenters. The van der Waals surface area contributed by atoms with Crippen LogP contribution in [0.5, 0.6) is 0 Å². The summed E-state index contributed by atoms with van der Waals surface area (Å²) in [6.07, 6.45) is 9.28. The van der Waals surface area contributed by atoms with Gasteiger partial charge >= 0.3 is 5.69 Å². The molecule has 8 nitrogen and oxygen atoms in total. The molecular formula is C15H20N6O2. The van der Waals surface area contributed by atoms with Crippen molar-refractivity contribution in [3.63, 3.8) is 0 Å². The molecule has 0 radical (unpaired) electrons. The zero-order chi connectivity index (χ0) is 16.4. The Bertz CT molecular complexity index is 700. The van der Waals surface area contributed by atoms with E-state index in [1.807, 2.05) is 0 Å². The molecule has 1 aliphatic carbocycles. The molecule has 1 saturated carbocycles. The van der Waals surface area contributed by atoms with Gasteiger partial charge in [0.2, 0.25) is 11.8 Å². The van der Waals surface area contributed by atoms with Gasteiger partial charge in [0.15, 0.2) is 0 Å². The second kappa shape index (κ2) is 6.31. The quantitative estimate of drug-likeness (QED) is 0.688. The van der Waals surface area contributed by atoms with Crippen LogP contribution in [0, 0.1) is 23.0 Å². The first-order valence-electron chi connectivity index (χ1n) is 7.82. The van der Waals surface area contributed by atoms with Crippen molar-refractivity contribution in [3.8, 4) is 5.82 Å². The first kappa shape index (κ1) is 15.4. The van der Waals surface area contributed by atoms with E-state index in [9.17, 15) is 10.1 Å². The average molecular weight is 316 g/mol. The van der Waals surface area contributed by atoms with Crippen LogP contribution < -0.4 is 5.32 Å². The van der Waals surface area contributed by atoms with Crippen LogP contribution in [-0.2, 0) is 0 Å². The molecule has 8 heteroatoms. The van der Waals surface area contributed by atoms with E-state index < -0.39 is 4.92 Å². The Labute approximate surface area is 134 Å². The van der Waals surface area contributed by atoms with Gasteiger partial charge in [-0.05, 0) is 25.7 Å². The highest BCUT2D eigenvalue weighted by molar-refractivity contribution is 5.53. The van der Waals surface area contributed by atoms with E-state index in [2.05, 4.69) is 27.2 Å². The molecule has 0 aromatic carbocycles. The monoisotopic (exact) mass is 316 g/mol. The second-order valence-corrected chi connectivity index (χ2v) is 6.14. The van der Waals surface area contributed by atoms with E-state index in [-0.39, 0.29) is 11.5 Å². The Kier molecular flexibility index (Phi) is 4.22. The summed E-state index contributed by atoms with van der Waals surface area (Å²) >= 11 is 0. The molecule has 0 amide bonds. The molecule has 0 spiro atoms. The number of nitrogens with one attached hydrogen (secondary N) is 1. The van der Waals surface area contributed by atoms with Crippen molar-refractivity contribution >= 4 is 11.6 Å². The summed E-state index contributed by atoms with van der Waals surface area (Å²) in [7, 11) is 0. The lowest BCUT2D eigenvalue weighted by Gasteiger charge is -2.27. The SMILES string of the molecule is Cc1nc(N[C@H]2CCC[C@@H](C)C2)nc(-n2ccnc2)c1[N+](=O)[O-]. The number of nitro groups is 1. The number of rotatable bonds is 4. The van der Waals surface area contributed by atoms with Crippen molar-refractivity contribution in [2.24, 2.45) is 5.92 Å². The number of aromatic nitrogens is 4. The molecular weight excluding hydrogens is 296 g/mol. The summed E-state index contributed by atoms with van der Waals surface area (Å²) in [4.78, 5) is 23.5. The van der Waals surface area contributed by atoms with Crippen LogP contribution in [0.2, 0.25) is 0 Å². The maximum absolute atomic E-state index is 11.4. The summed E-state index contributed by atoms with van der Waals surface area (Å²) in [5.74, 6) is 1.36. The first-order chi connectivity index (χ1) is 11.0. The van der Waals surface area contributed by atoms with Gasteiger partial charge in [0.05, 0.1) is 4.92 Å². The lowest BCUT2D eigenvalue weighted by molar-refractivity contribution is -0.385. The fourth-order valence-electron chi connectivity index (χ4n) is 3.14. The number of hydrogen-bond acceptors (Lipinski definition) is 6. The highest BCUT2D eigenvalue weighted by atomic mass is 16.6. The Morgan fingerprint density at radius 2 is 2.22 bits per heavy atom. The zero-order valence-electron chi connectivity index (χ0n) is 13.3. The molecule has 2 atom stereocenters. The van der Waals surface area contributed by atoms with Gasteiger partial charge in [0.25, 0.3) is 0 Å². The van der Waals surface area contributed by atoms with Crippen molar-refractivity contribution in [2.45, 2.75) is 45.6 Å². The van der Waals surface area contributed by atoms with Crippen molar-refractivity contribution in [1.29, 1.82) is 0 Å². The summed E-state index contributed by atoms with van der Waals surface area (Å²) in [6.45, 7) is 3.88. The molecule has 122 valence electrons. The van der Waals surface area contributed by atoms with Gasteiger partial charge in [-0.3, -0.25) is 14.7 Å². The van der Waals surface area contributed by atoms with Gasteiger partial charge in [-0.15, -0.1) is 0 Å². The maximum Gasteiger partial charge on any atom is 0.333 e. The van der Waals surface area contributed by atoms with Crippen molar-refractivity contribution in [1.82, 2.24) is 19.5 Å². The fourth-order valence-corrected chi connectivity index (χ4v) is 3.14. The van der Waals surface area contributed by atoms with E-state index in [0.29, 0.717) is 23.6 Å². The van der Waals surface area contributed by atoms with E-state index in [4.69, 9.17) is 0 Å². The lowest BCUT2D eigenvalue weighted by atomic mass is 9.87. The molecule has 0 aliphatic heterocycles. The molecule has 2 aromatic heterocycles. The number of imidazole rings is 1. The van der Waals surface area contributed by atoms with E-state index in [0.717, 1.165) is 12.8 Å². The Hall–Kier alpha value is -2.51. The zero-order valence-corrected chi connectivity index (χ0v) is 13.3. The third-order valence-electron chi connectivity index (χ3n) is 4.24. The lowest BCUT2D eigenvalue weighted by Crippen LogP contribution is -2.27. The van der Waals surface area contributed by atoms with E-state index in [1.54, 1.807) is 23.9 Å². The fraction of sp³-hybridized carbons (Fsp3) is 0.533. The first-order valence-corrected chi connectivity index (χ1v) is 7.82. The minimum absolute atomic E-state index is 0.0921. The van der Waals surface area contributed by atoms with Crippen LogP contribution in [-0.4, -0.2) is 30.5 Å². The second-order valence-electron chi connectivity index (χ2n) is 6.14. The molecule has 1 N–H and O–H groups in total. The van der Waals surface area contributed by atoms with Crippen molar-refractivity contribution in [2.75, 3.05) is 5.32 Å². The van der Waals surface area contributed by atoms with Crippen LogP contribution in [0.4, 0.5) is 11.6 Å². The molecule has 2 aromatic rings. The number of nitrogens with zero attached hydrogens (tertiary/aromatic N) is 5. The van der Waals surface area contributed by atoms with Crippen LogP contribution in [0.15, 0.2) is 18.7 Å². The summed E-state index contributed by atoms with van der Waals surface area (Å²) in [6, 6.07) is 0.315. The molecule has 23 heavy (non-hydrogen) atoms. The molecule has 1 fully saturated rings. The Balaban J connectivity index is 1.94. The predicted octanol–water partition coefficient (Wildman–Crippen LogP) is 2.87. The minimum atomic E-state index is -0.447. The highest BCUT2D eigenvalue weighted by Crippen LogP contribution is 2.28. The van der Waals surface area contributed by atoms with Gasteiger partial charge in [-0.1, -0.05) is 19.8 Å². The highest BCUT2D eigenvalue weighted by Gasteiger charge is 2.25. The Morgan fingerprint density at radius 3 is 2.87 bits per heavy atom. The smallest absolute Gasteiger partial charge is 0.333 e.